The number of benzene rings is 3. The number of carbonyl (C=O) groups excluding carboxylic acids is 1. The Morgan fingerprint density at radius 2 is 1.64 bits per heavy atom. The molecule has 1 amide bonds. The number of nitrogens with one attached hydrogen (secondary N) is 1. The van der Waals surface area contributed by atoms with Gasteiger partial charge in [-0.15, -0.1) is 0 Å². The number of aromatic carboxylic acids is 1. The minimum atomic E-state index is -1.77. The molecule has 0 aliphatic rings. The van der Waals surface area contributed by atoms with Crippen LogP contribution in [0.25, 0.3) is 10.8 Å². The van der Waals surface area contributed by atoms with Crippen molar-refractivity contribution in [3.8, 4) is 0 Å². The number of hydrogen-bond donors (Lipinski definition) is 4. The van der Waals surface area contributed by atoms with Crippen molar-refractivity contribution in [2.45, 2.75) is 18.8 Å². The fraction of sp³-hybridized carbons (Fsp3) is 0.143. The zero-order valence-corrected chi connectivity index (χ0v) is 15.1. The second-order valence-electron chi connectivity index (χ2n) is 6.66. The lowest BCUT2D eigenvalue weighted by Crippen LogP contribution is -2.48. The van der Waals surface area contributed by atoms with E-state index in [9.17, 15) is 19.6 Å². The Morgan fingerprint density at radius 3 is 2.36 bits per heavy atom. The molecule has 1 unspecified atom stereocenters. The SMILES string of the molecule is O=C(Cc1ccc2ccccc2c1)NC(Cc1cccc(C(=O)O)c1)B(O)O. The van der Waals surface area contributed by atoms with Gasteiger partial charge in [-0.1, -0.05) is 54.6 Å². The van der Waals surface area contributed by atoms with Crippen LogP contribution in [0.1, 0.15) is 21.5 Å². The first-order chi connectivity index (χ1) is 13.4. The largest absolute Gasteiger partial charge is 0.478 e. The predicted molar refractivity (Wildman–Crippen MR) is 107 cm³/mol. The molecule has 0 spiro atoms. The molecule has 0 aromatic heterocycles. The third kappa shape index (κ3) is 4.97. The fourth-order valence-electron chi connectivity index (χ4n) is 3.11. The Balaban J connectivity index is 1.68. The third-order valence-electron chi connectivity index (χ3n) is 4.51. The van der Waals surface area contributed by atoms with E-state index >= 15 is 0 Å². The Kier molecular flexibility index (Phi) is 6.08. The summed E-state index contributed by atoms with van der Waals surface area (Å²) in [5, 5.41) is 33.1. The summed E-state index contributed by atoms with van der Waals surface area (Å²) in [7, 11) is -1.77. The minimum Gasteiger partial charge on any atom is -0.478 e. The summed E-state index contributed by atoms with van der Waals surface area (Å²) in [6.45, 7) is 0. The van der Waals surface area contributed by atoms with Crippen LogP contribution in [0.4, 0.5) is 0 Å². The summed E-state index contributed by atoms with van der Waals surface area (Å²) in [6, 6.07) is 19.7. The second kappa shape index (κ2) is 8.69. The number of amides is 1. The van der Waals surface area contributed by atoms with Gasteiger partial charge in [0.25, 0.3) is 0 Å². The lowest BCUT2D eigenvalue weighted by Gasteiger charge is -2.18. The molecule has 3 aromatic carbocycles. The van der Waals surface area contributed by atoms with Gasteiger partial charge in [0.15, 0.2) is 0 Å². The number of carboxylic acid groups (broad SMARTS) is 1. The van der Waals surface area contributed by atoms with E-state index in [2.05, 4.69) is 5.32 Å². The van der Waals surface area contributed by atoms with Crippen molar-refractivity contribution >= 4 is 29.8 Å². The summed E-state index contributed by atoms with van der Waals surface area (Å²) in [5.74, 6) is -2.36. The Bertz CT molecular complexity index is 1000. The monoisotopic (exact) mass is 377 g/mol. The first kappa shape index (κ1) is 19.6. The van der Waals surface area contributed by atoms with Crippen molar-refractivity contribution in [2.75, 3.05) is 0 Å². The summed E-state index contributed by atoms with van der Waals surface area (Å²) in [6.07, 6.45) is 0.200. The van der Waals surface area contributed by atoms with Crippen LogP contribution in [0.15, 0.2) is 66.7 Å². The van der Waals surface area contributed by atoms with Crippen LogP contribution < -0.4 is 5.32 Å². The predicted octanol–water partition coefficient (Wildman–Crippen LogP) is 1.82. The maximum atomic E-state index is 12.4. The van der Waals surface area contributed by atoms with E-state index in [0.717, 1.165) is 16.3 Å². The summed E-state index contributed by atoms with van der Waals surface area (Å²) >= 11 is 0. The van der Waals surface area contributed by atoms with Crippen molar-refractivity contribution < 1.29 is 24.7 Å². The summed E-state index contributed by atoms with van der Waals surface area (Å²) < 4.78 is 0. The Morgan fingerprint density at radius 1 is 0.893 bits per heavy atom. The lowest BCUT2D eigenvalue weighted by atomic mass is 9.75. The number of carboxylic acids is 1. The Labute approximate surface area is 162 Å². The maximum Gasteiger partial charge on any atom is 0.475 e. The molecule has 28 heavy (non-hydrogen) atoms. The van der Waals surface area contributed by atoms with Crippen LogP contribution in [0.5, 0.6) is 0 Å². The molecule has 3 rings (SSSR count). The molecule has 0 aliphatic carbocycles. The average molecular weight is 377 g/mol. The normalized spacial score (nSPS) is 11.8. The van der Waals surface area contributed by atoms with Gasteiger partial charge in [-0.2, -0.15) is 0 Å². The quantitative estimate of drug-likeness (QED) is 0.470. The molecule has 142 valence electrons. The molecule has 6 nitrogen and oxygen atoms in total. The van der Waals surface area contributed by atoms with E-state index in [1.165, 1.54) is 12.1 Å². The molecule has 3 aromatic rings. The van der Waals surface area contributed by atoms with E-state index in [4.69, 9.17) is 5.11 Å². The Hall–Kier alpha value is -3.16. The number of fused-ring (bicyclic) bond motifs is 1. The van der Waals surface area contributed by atoms with Gasteiger partial charge in [0.2, 0.25) is 5.91 Å². The van der Waals surface area contributed by atoms with Crippen molar-refractivity contribution in [1.82, 2.24) is 5.32 Å². The van der Waals surface area contributed by atoms with Gasteiger partial charge in [0.05, 0.1) is 17.9 Å². The molecule has 0 radical (unpaired) electrons. The van der Waals surface area contributed by atoms with Crippen LogP contribution in [-0.4, -0.2) is 40.1 Å². The number of rotatable bonds is 7. The van der Waals surface area contributed by atoms with Crippen molar-refractivity contribution in [1.29, 1.82) is 0 Å². The molecule has 0 bridgehead atoms. The number of hydrogen-bond acceptors (Lipinski definition) is 4. The molecule has 1 atom stereocenters. The molecule has 0 aliphatic heterocycles. The van der Waals surface area contributed by atoms with E-state index in [1.807, 2.05) is 42.5 Å². The highest BCUT2D eigenvalue weighted by Crippen LogP contribution is 2.16. The highest BCUT2D eigenvalue weighted by Gasteiger charge is 2.26. The maximum absolute atomic E-state index is 12.4. The molecule has 7 heteroatoms. The average Bonchev–Trinajstić information content (AvgIpc) is 2.67. The van der Waals surface area contributed by atoms with Crippen LogP contribution in [0, 0.1) is 0 Å². The van der Waals surface area contributed by atoms with Gasteiger partial charge in [0, 0.05) is 0 Å². The molecule has 4 N–H and O–H groups in total. The van der Waals surface area contributed by atoms with Gasteiger partial charge >= 0.3 is 13.1 Å². The molecule has 0 fully saturated rings. The van der Waals surface area contributed by atoms with Gasteiger partial charge < -0.3 is 20.5 Å². The van der Waals surface area contributed by atoms with Crippen molar-refractivity contribution in [2.24, 2.45) is 0 Å². The van der Waals surface area contributed by atoms with E-state index in [1.54, 1.807) is 12.1 Å². The van der Waals surface area contributed by atoms with E-state index < -0.39 is 19.0 Å². The highest BCUT2D eigenvalue weighted by molar-refractivity contribution is 6.43. The lowest BCUT2D eigenvalue weighted by molar-refractivity contribution is -0.120. The molecular formula is C21H20BNO5. The van der Waals surface area contributed by atoms with Gasteiger partial charge in [-0.3, -0.25) is 4.79 Å². The van der Waals surface area contributed by atoms with Crippen LogP contribution in [0.3, 0.4) is 0 Å². The molecule has 0 saturated carbocycles. The smallest absolute Gasteiger partial charge is 0.475 e. The van der Waals surface area contributed by atoms with Crippen molar-refractivity contribution in [3.05, 3.63) is 83.4 Å². The van der Waals surface area contributed by atoms with Gasteiger partial charge in [-0.05, 0) is 40.5 Å². The van der Waals surface area contributed by atoms with Crippen molar-refractivity contribution in [3.63, 3.8) is 0 Å². The molecular weight excluding hydrogens is 357 g/mol. The van der Waals surface area contributed by atoms with Crippen LogP contribution in [0.2, 0.25) is 0 Å². The fourth-order valence-corrected chi connectivity index (χ4v) is 3.11. The third-order valence-corrected chi connectivity index (χ3v) is 4.51. The first-order valence-corrected chi connectivity index (χ1v) is 8.88. The summed E-state index contributed by atoms with van der Waals surface area (Å²) in [4.78, 5) is 23.5. The standard InChI is InChI=1S/C21H20BNO5/c24-20(13-15-8-9-16-5-1-2-6-17(16)10-15)23-19(22(27)28)12-14-4-3-7-18(11-14)21(25)26/h1-11,19,27-28H,12-13H2,(H,23,24)(H,25,26). The zero-order valence-electron chi connectivity index (χ0n) is 15.1. The zero-order chi connectivity index (χ0) is 20.1. The number of carbonyl (C=O) groups is 2. The van der Waals surface area contributed by atoms with Gasteiger partial charge in [0.1, 0.15) is 0 Å². The van der Waals surface area contributed by atoms with E-state index in [-0.39, 0.29) is 24.3 Å². The summed E-state index contributed by atoms with van der Waals surface area (Å²) in [5.41, 5.74) is 1.51. The van der Waals surface area contributed by atoms with E-state index in [0.29, 0.717) is 5.56 Å². The topological polar surface area (TPSA) is 107 Å². The first-order valence-electron chi connectivity index (χ1n) is 8.88. The molecule has 0 heterocycles. The second-order valence-corrected chi connectivity index (χ2v) is 6.66. The molecule has 0 saturated heterocycles. The van der Waals surface area contributed by atoms with Gasteiger partial charge in [-0.25, -0.2) is 4.79 Å². The van der Waals surface area contributed by atoms with Crippen LogP contribution >= 0.6 is 0 Å². The van der Waals surface area contributed by atoms with Crippen LogP contribution in [-0.2, 0) is 17.6 Å². The minimum absolute atomic E-state index is 0.0995. The highest BCUT2D eigenvalue weighted by atomic mass is 16.4.